The predicted octanol–water partition coefficient (Wildman–Crippen LogP) is 6.98. The van der Waals surface area contributed by atoms with Gasteiger partial charge in [-0.05, 0) is 18.2 Å². The highest BCUT2D eigenvalue weighted by molar-refractivity contribution is 6.09. The fourth-order valence-corrected chi connectivity index (χ4v) is 5.45. The normalized spacial score (nSPS) is 11.4. The van der Waals surface area contributed by atoms with Crippen LogP contribution in [0.4, 0.5) is 0 Å². The standard InChI is InChI=1S/C35H22N6O/c42-35-39-33(25-16-8-3-9-17-25)38-32-20-27-26-18-10-11-19-30(26)41(31(27)22-40(32)35)34-36-28(23-12-4-1-5-13-23)21-29(37-34)24-14-6-2-7-15-24/h1-22H. The number of nitrogens with zero attached hydrogens (tertiary/aromatic N) is 6. The van der Waals surface area contributed by atoms with Crippen molar-refractivity contribution in [2.45, 2.75) is 0 Å². The minimum absolute atomic E-state index is 0.398. The van der Waals surface area contributed by atoms with E-state index in [0.717, 1.165) is 49.9 Å². The molecular weight excluding hydrogens is 520 g/mol. The third kappa shape index (κ3) is 3.95. The van der Waals surface area contributed by atoms with Crippen molar-refractivity contribution < 1.29 is 0 Å². The molecule has 4 aromatic heterocycles. The summed E-state index contributed by atoms with van der Waals surface area (Å²) in [6, 6.07) is 41.8. The van der Waals surface area contributed by atoms with Crippen LogP contribution in [0.25, 0.3) is 67.3 Å². The minimum atomic E-state index is -0.401. The zero-order valence-corrected chi connectivity index (χ0v) is 22.3. The van der Waals surface area contributed by atoms with E-state index in [2.05, 4.69) is 11.1 Å². The van der Waals surface area contributed by atoms with Crippen molar-refractivity contribution in [1.29, 1.82) is 0 Å². The van der Waals surface area contributed by atoms with Gasteiger partial charge in [-0.25, -0.2) is 24.1 Å². The van der Waals surface area contributed by atoms with Crippen molar-refractivity contribution in [3.63, 3.8) is 0 Å². The molecule has 0 unspecified atom stereocenters. The van der Waals surface area contributed by atoms with Crippen molar-refractivity contribution in [1.82, 2.24) is 28.9 Å². The number of hydrogen-bond acceptors (Lipinski definition) is 5. The quantitative estimate of drug-likeness (QED) is 0.240. The molecule has 0 aliphatic carbocycles. The molecule has 42 heavy (non-hydrogen) atoms. The molecule has 0 atom stereocenters. The molecule has 0 N–H and O–H groups in total. The second-order valence-electron chi connectivity index (χ2n) is 10.0. The Balaban J connectivity index is 1.43. The summed E-state index contributed by atoms with van der Waals surface area (Å²) in [6.45, 7) is 0. The molecule has 0 fully saturated rings. The van der Waals surface area contributed by atoms with E-state index in [9.17, 15) is 4.79 Å². The van der Waals surface area contributed by atoms with Crippen molar-refractivity contribution in [3.8, 4) is 39.9 Å². The Kier molecular flexibility index (Phi) is 5.46. The van der Waals surface area contributed by atoms with Crippen LogP contribution in [0.3, 0.4) is 0 Å². The molecule has 198 valence electrons. The Morgan fingerprint density at radius 3 is 1.71 bits per heavy atom. The fraction of sp³-hybridized carbons (Fsp3) is 0. The molecular formula is C35H22N6O. The first kappa shape index (κ1) is 23.9. The number of para-hydroxylation sites is 1. The second-order valence-corrected chi connectivity index (χ2v) is 10.0. The van der Waals surface area contributed by atoms with Crippen LogP contribution in [0.2, 0.25) is 0 Å². The molecule has 0 aliphatic rings. The van der Waals surface area contributed by atoms with Gasteiger partial charge in [-0.1, -0.05) is 109 Å². The lowest BCUT2D eigenvalue weighted by Gasteiger charge is -2.12. The molecule has 8 rings (SSSR count). The predicted molar refractivity (Wildman–Crippen MR) is 165 cm³/mol. The Morgan fingerprint density at radius 1 is 0.500 bits per heavy atom. The molecule has 8 aromatic rings. The summed E-state index contributed by atoms with van der Waals surface area (Å²) in [5.41, 5.74) is 6.21. The molecule has 0 radical (unpaired) electrons. The van der Waals surface area contributed by atoms with Crippen molar-refractivity contribution in [2.24, 2.45) is 0 Å². The van der Waals surface area contributed by atoms with Crippen LogP contribution < -0.4 is 5.69 Å². The van der Waals surface area contributed by atoms with Gasteiger partial charge in [-0.3, -0.25) is 4.57 Å². The highest BCUT2D eigenvalue weighted by atomic mass is 16.1. The molecule has 0 aliphatic heterocycles. The fourth-order valence-electron chi connectivity index (χ4n) is 5.45. The number of fused-ring (bicyclic) bond motifs is 4. The SMILES string of the molecule is O=c1nc(-c2ccccc2)nc2cc3c4ccccc4n(-c4nc(-c5ccccc5)cc(-c5ccccc5)n4)c3cn12. The molecule has 0 saturated carbocycles. The van der Waals surface area contributed by atoms with Gasteiger partial charge < -0.3 is 0 Å². The first-order valence-corrected chi connectivity index (χ1v) is 13.6. The maximum Gasteiger partial charge on any atom is 0.355 e. The van der Waals surface area contributed by atoms with E-state index in [-0.39, 0.29) is 0 Å². The highest BCUT2D eigenvalue weighted by Crippen LogP contribution is 2.33. The summed E-state index contributed by atoms with van der Waals surface area (Å²) in [4.78, 5) is 32.5. The second kappa shape index (κ2) is 9.60. The number of hydrogen-bond donors (Lipinski definition) is 0. The maximum absolute atomic E-state index is 13.3. The third-order valence-electron chi connectivity index (χ3n) is 7.44. The lowest BCUT2D eigenvalue weighted by atomic mass is 10.1. The van der Waals surface area contributed by atoms with E-state index >= 15 is 0 Å². The zero-order valence-electron chi connectivity index (χ0n) is 22.3. The van der Waals surface area contributed by atoms with Crippen LogP contribution in [0.5, 0.6) is 0 Å². The summed E-state index contributed by atoms with van der Waals surface area (Å²) in [6.07, 6.45) is 1.79. The van der Waals surface area contributed by atoms with Crippen LogP contribution in [0, 0.1) is 0 Å². The van der Waals surface area contributed by atoms with E-state index in [1.54, 1.807) is 6.20 Å². The van der Waals surface area contributed by atoms with Gasteiger partial charge >= 0.3 is 5.69 Å². The van der Waals surface area contributed by atoms with E-state index in [1.165, 1.54) is 4.40 Å². The van der Waals surface area contributed by atoms with Crippen LogP contribution >= 0.6 is 0 Å². The topological polar surface area (TPSA) is 78.0 Å². The summed E-state index contributed by atoms with van der Waals surface area (Å²) in [7, 11) is 0. The van der Waals surface area contributed by atoms with E-state index in [1.807, 2.05) is 126 Å². The first-order valence-electron chi connectivity index (χ1n) is 13.6. The largest absolute Gasteiger partial charge is 0.355 e. The van der Waals surface area contributed by atoms with Gasteiger partial charge in [0, 0.05) is 33.7 Å². The van der Waals surface area contributed by atoms with Crippen molar-refractivity contribution in [2.75, 3.05) is 0 Å². The molecule has 0 amide bonds. The molecule has 0 saturated heterocycles. The monoisotopic (exact) mass is 542 g/mol. The summed E-state index contributed by atoms with van der Waals surface area (Å²) in [5.74, 6) is 0.908. The smallest absolute Gasteiger partial charge is 0.276 e. The van der Waals surface area contributed by atoms with Crippen molar-refractivity contribution in [3.05, 3.63) is 144 Å². The molecule has 0 bridgehead atoms. The van der Waals surface area contributed by atoms with Gasteiger partial charge in [0.05, 0.1) is 22.4 Å². The highest BCUT2D eigenvalue weighted by Gasteiger charge is 2.19. The number of pyridine rings is 1. The van der Waals surface area contributed by atoms with Gasteiger partial charge in [-0.15, -0.1) is 0 Å². The van der Waals surface area contributed by atoms with E-state index < -0.39 is 5.69 Å². The molecule has 7 heteroatoms. The van der Waals surface area contributed by atoms with Crippen LogP contribution in [0.15, 0.2) is 138 Å². The average molecular weight is 543 g/mol. The Labute approximate surface area is 240 Å². The lowest BCUT2D eigenvalue weighted by molar-refractivity contribution is 0.941. The average Bonchev–Trinajstić information content (AvgIpc) is 3.38. The number of benzene rings is 4. The molecule has 4 heterocycles. The van der Waals surface area contributed by atoms with Crippen molar-refractivity contribution >= 4 is 27.5 Å². The number of rotatable bonds is 4. The molecule has 0 spiro atoms. The molecule has 4 aromatic carbocycles. The lowest BCUT2D eigenvalue weighted by Crippen LogP contribution is -2.19. The third-order valence-corrected chi connectivity index (χ3v) is 7.44. The molecule has 7 nitrogen and oxygen atoms in total. The Morgan fingerprint density at radius 2 is 1.07 bits per heavy atom. The zero-order chi connectivity index (χ0) is 28.0. The van der Waals surface area contributed by atoms with Gasteiger partial charge in [0.2, 0.25) is 5.95 Å². The van der Waals surface area contributed by atoms with Gasteiger partial charge in [0.15, 0.2) is 5.82 Å². The Bertz CT molecular complexity index is 2250. The van der Waals surface area contributed by atoms with Gasteiger partial charge in [0.25, 0.3) is 0 Å². The van der Waals surface area contributed by atoms with Gasteiger partial charge in [-0.2, -0.15) is 4.98 Å². The minimum Gasteiger partial charge on any atom is -0.276 e. The number of aromatic nitrogens is 6. The van der Waals surface area contributed by atoms with Crippen LogP contribution in [-0.4, -0.2) is 28.9 Å². The van der Waals surface area contributed by atoms with Crippen LogP contribution in [0.1, 0.15) is 0 Å². The van der Waals surface area contributed by atoms with Gasteiger partial charge in [0.1, 0.15) is 5.65 Å². The van der Waals surface area contributed by atoms with Crippen LogP contribution in [-0.2, 0) is 0 Å². The maximum atomic E-state index is 13.3. The summed E-state index contributed by atoms with van der Waals surface area (Å²) in [5, 5.41) is 1.95. The summed E-state index contributed by atoms with van der Waals surface area (Å²) < 4.78 is 3.50. The van der Waals surface area contributed by atoms with E-state index in [4.69, 9.17) is 15.0 Å². The first-order chi connectivity index (χ1) is 20.7. The summed E-state index contributed by atoms with van der Waals surface area (Å²) >= 11 is 0. The van der Waals surface area contributed by atoms with E-state index in [0.29, 0.717) is 17.4 Å². The Hall–Kier alpha value is -5.95.